The van der Waals surface area contributed by atoms with E-state index >= 15 is 0 Å². The minimum absolute atomic E-state index is 0.512. The topological polar surface area (TPSA) is 78.1 Å². The number of benzene rings is 8. The van der Waals surface area contributed by atoms with Crippen LogP contribution in [0, 0.1) is 0 Å². The van der Waals surface area contributed by atoms with Gasteiger partial charge in [0.05, 0.1) is 11.1 Å². The van der Waals surface area contributed by atoms with Gasteiger partial charge in [0, 0.05) is 43.4 Å². The van der Waals surface area contributed by atoms with Gasteiger partial charge >= 0.3 is 0 Å². The number of para-hydroxylation sites is 4. The highest BCUT2D eigenvalue weighted by molar-refractivity contribution is 6.15. The number of fused-ring (bicyclic) bond motifs is 9. The lowest BCUT2D eigenvalue weighted by Gasteiger charge is -2.09. The maximum atomic E-state index is 6.80. The molecule has 0 aliphatic carbocycles. The Hall–Kier alpha value is -7.83. The van der Waals surface area contributed by atoms with Gasteiger partial charge in [-0.25, -0.2) is 15.0 Å². The summed E-state index contributed by atoms with van der Waals surface area (Å²) in [6.45, 7) is 2.17. The van der Waals surface area contributed by atoms with Gasteiger partial charge in [0.15, 0.2) is 17.5 Å². The molecule has 12 aromatic rings. The van der Waals surface area contributed by atoms with Crippen molar-refractivity contribution in [3.8, 4) is 56.4 Å². The van der Waals surface area contributed by atoms with Crippen molar-refractivity contribution >= 4 is 65.8 Å². The number of aromatic nitrogens is 3. The van der Waals surface area contributed by atoms with Crippen LogP contribution in [0.4, 0.5) is 0 Å². The van der Waals surface area contributed by atoms with Crippen LogP contribution in [0.15, 0.2) is 183 Å². The molecule has 0 fully saturated rings. The van der Waals surface area contributed by atoms with Crippen molar-refractivity contribution in [3.63, 3.8) is 0 Å². The normalized spacial score (nSPS) is 11.9. The zero-order chi connectivity index (χ0) is 39.0. The molecule has 6 nitrogen and oxygen atoms in total. The summed E-state index contributed by atoms with van der Waals surface area (Å²) in [6, 6.07) is 58.3. The van der Waals surface area contributed by atoms with E-state index in [4.69, 9.17) is 28.2 Å². The van der Waals surface area contributed by atoms with E-state index in [1.807, 2.05) is 72.8 Å². The first-order valence-electron chi connectivity index (χ1n) is 19.9. The van der Waals surface area contributed by atoms with Crippen molar-refractivity contribution in [1.82, 2.24) is 15.0 Å². The van der Waals surface area contributed by atoms with E-state index in [1.165, 1.54) is 5.56 Å². The average Bonchev–Trinajstić information content (AvgIpc) is 4.00. The van der Waals surface area contributed by atoms with Crippen LogP contribution in [0.3, 0.4) is 0 Å². The highest BCUT2D eigenvalue weighted by Gasteiger charge is 2.22. The summed E-state index contributed by atoms with van der Waals surface area (Å²) in [5.74, 6) is 1.60. The smallest absolute Gasteiger partial charge is 0.167 e. The number of hydrogen-bond acceptors (Lipinski definition) is 6. The number of aryl methyl sites for hydroxylation is 1. The number of nitrogens with zero attached hydrogens (tertiary/aromatic N) is 3. The fourth-order valence-electron chi connectivity index (χ4n) is 8.65. The molecule has 0 aliphatic heterocycles. The Kier molecular flexibility index (Phi) is 7.41. The quantitative estimate of drug-likeness (QED) is 0.168. The van der Waals surface area contributed by atoms with Crippen molar-refractivity contribution < 1.29 is 13.3 Å². The van der Waals surface area contributed by atoms with Gasteiger partial charge in [-0.2, -0.15) is 0 Å². The van der Waals surface area contributed by atoms with E-state index in [1.54, 1.807) is 0 Å². The molecule has 12 rings (SSSR count). The molecule has 59 heavy (non-hydrogen) atoms. The molecule has 0 saturated heterocycles. The maximum absolute atomic E-state index is 6.80. The van der Waals surface area contributed by atoms with Crippen molar-refractivity contribution in [3.05, 3.63) is 175 Å². The summed E-state index contributed by atoms with van der Waals surface area (Å²) < 4.78 is 20.0. The van der Waals surface area contributed by atoms with Gasteiger partial charge in [-0.05, 0) is 71.1 Å². The van der Waals surface area contributed by atoms with Gasteiger partial charge < -0.3 is 13.3 Å². The molecule has 0 spiro atoms. The Morgan fingerprint density at radius 3 is 1.59 bits per heavy atom. The Labute approximate surface area is 338 Å². The van der Waals surface area contributed by atoms with E-state index in [0.29, 0.717) is 23.1 Å². The molecule has 0 bridgehead atoms. The second kappa shape index (κ2) is 13.1. The maximum Gasteiger partial charge on any atom is 0.167 e. The third kappa shape index (κ3) is 5.30. The summed E-state index contributed by atoms with van der Waals surface area (Å²) in [5.41, 5.74) is 12.9. The molecule has 8 aromatic carbocycles. The summed E-state index contributed by atoms with van der Waals surface area (Å²) in [6.07, 6.45) is 0.887. The van der Waals surface area contributed by atoms with Crippen molar-refractivity contribution in [2.45, 2.75) is 13.3 Å². The summed E-state index contributed by atoms with van der Waals surface area (Å²) in [5, 5.41) is 6.25. The van der Waals surface area contributed by atoms with Gasteiger partial charge in [-0.1, -0.05) is 134 Å². The lowest BCUT2D eigenvalue weighted by atomic mass is 9.94. The first kappa shape index (κ1) is 33.3. The van der Waals surface area contributed by atoms with Gasteiger partial charge in [0.25, 0.3) is 0 Å². The minimum atomic E-state index is 0.512. The molecule has 0 aliphatic rings. The molecule has 0 amide bonds. The van der Waals surface area contributed by atoms with Crippen LogP contribution in [0.5, 0.6) is 0 Å². The standard InChI is InChI=1S/C53H33N3O3/c1-2-31-18-11-20-39-44-30-35(32-14-5-3-6-15-32)29-42(50(44)59-47(31)39)34-26-27-46-43(28-34)38-22-13-24-41(49(38)58-46)53-55-51(33-16-7-4-8-17-33)54-52(56-53)40-23-12-21-37-36-19-9-10-25-45(36)57-48(37)40/h3-30H,2H2,1H3. The van der Waals surface area contributed by atoms with Gasteiger partial charge in [-0.15, -0.1) is 0 Å². The van der Waals surface area contributed by atoms with E-state index in [9.17, 15) is 0 Å². The lowest BCUT2D eigenvalue weighted by Crippen LogP contribution is -2.00. The molecule has 4 aromatic heterocycles. The van der Waals surface area contributed by atoms with Crippen LogP contribution in [-0.2, 0) is 6.42 Å². The first-order chi connectivity index (χ1) is 29.2. The number of hydrogen-bond donors (Lipinski definition) is 0. The predicted octanol–water partition coefficient (Wildman–Crippen LogP) is 14.5. The minimum Gasteiger partial charge on any atom is -0.455 e. The number of furan rings is 3. The second-order valence-electron chi connectivity index (χ2n) is 15.0. The monoisotopic (exact) mass is 759 g/mol. The molecule has 6 heteroatoms. The van der Waals surface area contributed by atoms with Gasteiger partial charge in [0.1, 0.15) is 33.5 Å². The predicted molar refractivity (Wildman–Crippen MR) is 238 cm³/mol. The molecule has 4 heterocycles. The van der Waals surface area contributed by atoms with Crippen LogP contribution < -0.4 is 0 Å². The lowest BCUT2D eigenvalue weighted by molar-refractivity contribution is 0.664. The third-order valence-electron chi connectivity index (χ3n) is 11.5. The van der Waals surface area contributed by atoms with Crippen molar-refractivity contribution in [1.29, 1.82) is 0 Å². The average molecular weight is 760 g/mol. The van der Waals surface area contributed by atoms with E-state index in [0.717, 1.165) is 106 Å². The van der Waals surface area contributed by atoms with Crippen LogP contribution in [0.1, 0.15) is 12.5 Å². The highest BCUT2D eigenvalue weighted by atomic mass is 16.3. The molecular weight excluding hydrogens is 727 g/mol. The molecule has 0 saturated carbocycles. The fourth-order valence-corrected chi connectivity index (χ4v) is 8.65. The van der Waals surface area contributed by atoms with Crippen molar-refractivity contribution in [2.24, 2.45) is 0 Å². The molecule has 0 atom stereocenters. The Morgan fingerprint density at radius 2 is 0.881 bits per heavy atom. The van der Waals surface area contributed by atoms with Crippen LogP contribution in [-0.4, -0.2) is 15.0 Å². The molecule has 0 N–H and O–H groups in total. The zero-order valence-corrected chi connectivity index (χ0v) is 31.9. The van der Waals surface area contributed by atoms with E-state index in [-0.39, 0.29) is 0 Å². The van der Waals surface area contributed by atoms with E-state index < -0.39 is 0 Å². The highest BCUT2D eigenvalue weighted by Crippen LogP contribution is 2.43. The van der Waals surface area contributed by atoms with Crippen LogP contribution in [0.25, 0.3) is 122 Å². The fraction of sp³-hybridized carbons (Fsp3) is 0.0377. The van der Waals surface area contributed by atoms with Gasteiger partial charge in [0.2, 0.25) is 0 Å². The summed E-state index contributed by atoms with van der Waals surface area (Å²) in [7, 11) is 0. The summed E-state index contributed by atoms with van der Waals surface area (Å²) in [4.78, 5) is 15.3. The zero-order valence-electron chi connectivity index (χ0n) is 31.9. The van der Waals surface area contributed by atoms with Crippen molar-refractivity contribution in [2.75, 3.05) is 0 Å². The first-order valence-corrected chi connectivity index (χ1v) is 19.9. The molecule has 0 radical (unpaired) electrons. The van der Waals surface area contributed by atoms with Crippen LogP contribution in [0.2, 0.25) is 0 Å². The van der Waals surface area contributed by atoms with E-state index in [2.05, 4.69) is 104 Å². The Balaban J connectivity index is 1.06. The van der Waals surface area contributed by atoms with Gasteiger partial charge in [-0.3, -0.25) is 0 Å². The number of rotatable bonds is 6. The molecule has 0 unspecified atom stereocenters. The Bertz CT molecular complexity index is 3600. The van der Waals surface area contributed by atoms with Crippen LogP contribution >= 0.6 is 0 Å². The Morgan fingerprint density at radius 1 is 0.339 bits per heavy atom. The molecular formula is C53H33N3O3. The summed E-state index contributed by atoms with van der Waals surface area (Å²) >= 11 is 0. The second-order valence-corrected chi connectivity index (χ2v) is 15.0. The SMILES string of the molecule is CCc1cccc2c1oc1c(-c3ccc4oc5c(-c6nc(-c7ccccc7)nc(-c7cccc8c7oc7ccccc78)n6)cccc5c4c3)cc(-c3ccccc3)cc12. The third-order valence-corrected chi connectivity index (χ3v) is 11.5. The molecule has 278 valence electrons. The largest absolute Gasteiger partial charge is 0.455 e.